The van der Waals surface area contributed by atoms with Gasteiger partial charge in [-0.15, -0.1) is 0 Å². The fourth-order valence-electron chi connectivity index (χ4n) is 4.97. The van der Waals surface area contributed by atoms with E-state index in [0.29, 0.717) is 34.0 Å². The zero-order valence-electron chi connectivity index (χ0n) is 20.1. The van der Waals surface area contributed by atoms with E-state index < -0.39 is 24.5 Å². The molecule has 0 saturated heterocycles. The van der Waals surface area contributed by atoms with E-state index in [-0.39, 0.29) is 0 Å². The molecular weight excluding hydrogens is 468 g/mol. The number of benzene rings is 3. The van der Waals surface area contributed by atoms with Crippen LogP contribution < -0.4 is 4.74 Å². The number of pyridine rings is 1. The summed E-state index contributed by atoms with van der Waals surface area (Å²) in [4.78, 5) is 44.7. The van der Waals surface area contributed by atoms with Crippen LogP contribution in [0.3, 0.4) is 0 Å². The van der Waals surface area contributed by atoms with Gasteiger partial charge in [-0.05, 0) is 65.9 Å². The van der Waals surface area contributed by atoms with E-state index in [4.69, 9.17) is 14.5 Å². The molecule has 0 atom stereocenters. The number of nitrogens with zero attached hydrogens (tertiary/aromatic N) is 2. The van der Waals surface area contributed by atoms with Crippen molar-refractivity contribution in [3.63, 3.8) is 0 Å². The number of allylic oxidation sites excluding steroid dienone is 1. The Hall–Kier alpha value is -4.78. The van der Waals surface area contributed by atoms with Crippen molar-refractivity contribution in [3.05, 3.63) is 106 Å². The molecule has 37 heavy (non-hydrogen) atoms. The highest BCUT2D eigenvalue weighted by Crippen LogP contribution is 2.38. The summed E-state index contributed by atoms with van der Waals surface area (Å²) < 4.78 is 10.8. The van der Waals surface area contributed by atoms with Gasteiger partial charge in [0.1, 0.15) is 5.75 Å². The zero-order valence-corrected chi connectivity index (χ0v) is 20.1. The Bertz CT molecular complexity index is 1590. The first kappa shape index (κ1) is 22.7. The highest BCUT2D eigenvalue weighted by molar-refractivity contribution is 6.21. The Morgan fingerprint density at radius 1 is 0.919 bits per heavy atom. The molecule has 0 fully saturated rings. The van der Waals surface area contributed by atoms with Gasteiger partial charge < -0.3 is 9.47 Å². The van der Waals surface area contributed by atoms with Crippen molar-refractivity contribution in [3.8, 4) is 5.75 Å². The van der Waals surface area contributed by atoms with Gasteiger partial charge in [0.2, 0.25) is 0 Å². The maximum Gasteiger partial charge on any atom is 0.340 e. The number of methoxy groups -OCH3 is 1. The summed E-state index contributed by atoms with van der Waals surface area (Å²) in [5.74, 6) is -0.746. The van der Waals surface area contributed by atoms with Gasteiger partial charge in [0, 0.05) is 5.39 Å². The second-order valence-electron chi connectivity index (χ2n) is 8.92. The molecule has 1 aliphatic carbocycles. The molecule has 2 aliphatic rings. The number of ether oxygens (including phenoxy) is 2. The quantitative estimate of drug-likeness (QED) is 0.284. The number of para-hydroxylation sites is 1. The smallest absolute Gasteiger partial charge is 0.340 e. The highest BCUT2D eigenvalue weighted by Gasteiger charge is 2.36. The Morgan fingerprint density at radius 2 is 1.59 bits per heavy atom. The summed E-state index contributed by atoms with van der Waals surface area (Å²) in [5, 5.41) is 0.680. The number of aromatic nitrogens is 1. The molecule has 0 bridgehead atoms. The number of amides is 2. The number of esters is 1. The fourth-order valence-corrected chi connectivity index (χ4v) is 4.97. The van der Waals surface area contributed by atoms with E-state index in [1.54, 1.807) is 31.4 Å². The van der Waals surface area contributed by atoms with E-state index in [9.17, 15) is 14.4 Å². The zero-order chi connectivity index (χ0) is 25.5. The summed E-state index contributed by atoms with van der Waals surface area (Å²) in [6.45, 7) is -0.453. The van der Waals surface area contributed by atoms with Crippen LogP contribution in [0.4, 0.5) is 0 Å². The van der Waals surface area contributed by atoms with Crippen LogP contribution in [0.5, 0.6) is 5.75 Å². The Balaban J connectivity index is 1.33. The Kier molecular flexibility index (Phi) is 5.53. The van der Waals surface area contributed by atoms with Crippen molar-refractivity contribution < 1.29 is 23.9 Å². The first-order chi connectivity index (χ1) is 18.0. The van der Waals surface area contributed by atoms with E-state index in [1.165, 1.54) is 0 Å². The molecule has 3 aromatic carbocycles. The van der Waals surface area contributed by atoms with Crippen LogP contribution in [-0.4, -0.2) is 41.5 Å². The first-order valence-electron chi connectivity index (χ1n) is 11.9. The number of fused-ring (bicyclic) bond motifs is 3. The molecule has 0 radical (unpaired) electrons. The van der Waals surface area contributed by atoms with Crippen LogP contribution in [0.2, 0.25) is 0 Å². The van der Waals surface area contributed by atoms with E-state index >= 15 is 0 Å². The molecule has 0 spiro atoms. The molecule has 0 N–H and O–H groups in total. The maximum atomic E-state index is 13.5. The minimum Gasteiger partial charge on any atom is -0.497 e. The third-order valence-corrected chi connectivity index (χ3v) is 6.81. The highest BCUT2D eigenvalue weighted by atomic mass is 16.5. The lowest BCUT2D eigenvalue weighted by atomic mass is 10.0. The van der Waals surface area contributed by atoms with Gasteiger partial charge in [0.25, 0.3) is 11.8 Å². The molecule has 6 rings (SSSR count). The summed E-state index contributed by atoms with van der Waals surface area (Å²) in [6, 6.07) is 21.8. The van der Waals surface area contributed by atoms with E-state index in [1.807, 2.05) is 48.5 Å². The number of carbonyl (C=O) groups is 3. The summed E-state index contributed by atoms with van der Waals surface area (Å²) >= 11 is 0. The van der Waals surface area contributed by atoms with Crippen LogP contribution in [0, 0.1) is 0 Å². The number of carbonyl (C=O) groups excluding carboxylic acids is 3. The van der Waals surface area contributed by atoms with Crippen LogP contribution in [-0.2, 0) is 11.2 Å². The van der Waals surface area contributed by atoms with Crippen LogP contribution in [0.15, 0.2) is 72.8 Å². The maximum absolute atomic E-state index is 13.5. The Labute approximate surface area is 213 Å². The lowest BCUT2D eigenvalue weighted by Gasteiger charge is -2.16. The van der Waals surface area contributed by atoms with Crippen molar-refractivity contribution in [2.75, 3.05) is 13.8 Å². The monoisotopic (exact) mass is 490 g/mol. The number of rotatable bonds is 5. The Morgan fingerprint density at radius 3 is 2.30 bits per heavy atom. The van der Waals surface area contributed by atoms with Crippen molar-refractivity contribution >= 4 is 40.3 Å². The molecule has 7 heteroatoms. The minimum atomic E-state index is -0.586. The molecular formula is C30H22N2O5. The van der Waals surface area contributed by atoms with Gasteiger partial charge in [-0.1, -0.05) is 42.5 Å². The van der Waals surface area contributed by atoms with Gasteiger partial charge in [-0.3, -0.25) is 9.59 Å². The van der Waals surface area contributed by atoms with Crippen LogP contribution in [0.1, 0.15) is 54.3 Å². The van der Waals surface area contributed by atoms with Crippen molar-refractivity contribution in [1.82, 2.24) is 9.88 Å². The molecule has 0 saturated carbocycles. The second kappa shape index (κ2) is 9.02. The molecule has 7 nitrogen and oxygen atoms in total. The third kappa shape index (κ3) is 3.85. The normalized spacial score (nSPS) is 15.3. The molecule has 2 amide bonds. The van der Waals surface area contributed by atoms with Gasteiger partial charge >= 0.3 is 5.97 Å². The van der Waals surface area contributed by atoms with Crippen LogP contribution >= 0.6 is 0 Å². The second-order valence-corrected chi connectivity index (χ2v) is 8.92. The molecule has 2 heterocycles. The molecule has 4 aromatic rings. The number of hydrogen-bond donors (Lipinski definition) is 0. The lowest BCUT2D eigenvalue weighted by molar-refractivity contribution is 0.0229. The van der Waals surface area contributed by atoms with Crippen molar-refractivity contribution in [1.29, 1.82) is 0 Å². The number of imide groups is 1. The molecule has 0 unspecified atom stereocenters. The first-order valence-corrected chi connectivity index (χ1v) is 11.9. The van der Waals surface area contributed by atoms with E-state index in [2.05, 4.69) is 6.08 Å². The van der Waals surface area contributed by atoms with Crippen molar-refractivity contribution in [2.24, 2.45) is 0 Å². The fraction of sp³-hybridized carbons (Fsp3) is 0.133. The van der Waals surface area contributed by atoms with Gasteiger partial charge in [0.05, 0.1) is 35.0 Å². The minimum absolute atomic E-state index is 0.312. The molecule has 1 aromatic heterocycles. The SMILES string of the molecule is COc1ccc(C=C2CCc3c2nc2ccccc2c3C(=O)OCN2C(=O)c3ccccc3C2=O)cc1. The average molecular weight is 491 g/mol. The predicted molar refractivity (Wildman–Crippen MR) is 138 cm³/mol. The van der Waals surface area contributed by atoms with Gasteiger partial charge in [-0.2, -0.15) is 0 Å². The largest absolute Gasteiger partial charge is 0.497 e. The standard InChI is InChI=1S/C30H22N2O5/c1-36-20-13-10-18(11-14-20)16-19-12-15-24-26(23-8-4-5-9-25(23)31-27(19)24)30(35)37-17-32-28(33)21-6-2-3-7-22(21)29(32)34/h2-11,13-14,16H,12,15,17H2,1H3. The molecule has 182 valence electrons. The summed E-state index contributed by atoms with van der Waals surface area (Å²) in [5.41, 5.74) is 5.34. The van der Waals surface area contributed by atoms with Gasteiger partial charge in [0.15, 0.2) is 6.73 Å². The van der Waals surface area contributed by atoms with Crippen LogP contribution in [0.25, 0.3) is 22.6 Å². The van der Waals surface area contributed by atoms with Crippen molar-refractivity contribution in [2.45, 2.75) is 12.8 Å². The predicted octanol–water partition coefficient (Wildman–Crippen LogP) is 5.14. The summed E-state index contributed by atoms with van der Waals surface area (Å²) in [7, 11) is 1.63. The number of hydrogen-bond acceptors (Lipinski definition) is 6. The topological polar surface area (TPSA) is 85.8 Å². The van der Waals surface area contributed by atoms with E-state index in [0.717, 1.165) is 39.5 Å². The average Bonchev–Trinajstić information content (AvgIpc) is 3.44. The lowest BCUT2D eigenvalue weighted by Crippen LogP contribution is -2.33. The molecule has 1 aliphatic heterocycles. The summed E-state index contributed by atoms with van der Waals surface area (Å²) in [6.07, 6.45) is 3.43. The third-order valence-electron chi connectivity index (χ3n) is 6.81. The van der Waals surface area contributed by atoms with Gasteiger partial charge in [-0.25, -0.2) is 14.7 Å².